The van der Waals surface area contributed by atoms with Crippen molar-refractivity contribution in [2.24, 2.45) is 0 Å². The van der Waals surface area contributed by atoms with Gasteiger partial charge >= 0.3 is 0 Å². The lowest BCUT2D eigenvalue weighted by Gasteiger charge is -2.23. The molecule has 1 aromatic rings. The number of hydrogen-bond acceptors (Lipinski definition) is 3. The molecule has 2 rings (SSSR count). The lowest BCUT2D eigenvalue weighted by molar-refractivity contribution is 0.0963. The lowest BCUT2D eigenvalue weighted by Crippen LogP contribution is -2.35. The third-order valence-corrected chi connectivity index (χ3v) is 5.78. The van der Waals surface area contributed by atoms with Gasteiger partial charge in [-0.05, 0) is 37.1 Å². The molecule has 5 nitrogen and oxygen atoms in total. The first-order valence-corrected chi connectivity index (χ1v) is 8.21. The largest absolute Gasteiger partial charge is 0.355 e. The maximum Gasteiger partial charge on any atom is 0.251 e. The fraction of sp³-hybridized carbons (Fsp3) is 0.500. The molecule has 0 aromatic heterocycles. The van der Waals surface area contributed by atoms with Crippen LogP contribution in [0.5, 0.6) is 0 Å². The predicted octanol–water partition coefficient (Wildman–Crippen LogP) is 1.61. The summed E-state index contributed by atoms with van der Waals surface area (Å²) in [4.78, 5) is 11.7. The minimum absolute atomic E-state index is 0.0959. The van der Waals surface area contributed by atoms with E-state index in [0.29, 0.717) is 5.56 Å². The van der Waals surface area contributed by atoms with Crippen LogP contribution in [0.1, 0.15) is 36.0 Å². The monoisotopic (exact) mass is 296 g/mol. The molecule has 0 saturated heterocycles. The van der Waals surface area contributed by atoms with E-state index in [1.54, 1.807) is 14.1 Å². The van der Waals surface area contributed by atoms with E-state index in [4.69, 9.17) is 0 Å². The number of benzene rings is 1. The molecule has 110 valence electrons. The molecule has 0 aliphatic heterocycles. The number of carbonyl (C=O) groups excluding carboxylic acids is 1. The summed E-state index contributed by atoms with van der Waals surface area (Å²) < 4.78 is 26.5. The molecular weight excluding hydrogens is 276 g/mol. The van der Waals surface area contributed by atoms with Crippen LogP contribution < -0.4 is 5.32 Å². The summed E-state index contributed by atoms with van der Waals surface area (Å²) in [6.07, 6.45) is 4.01. The molecule has 1 aromatic carbocycles. The fourth-order valence-electron chi connectivity index (χ4n) is 2.55. The minimum atomic E-state index is -3.47. The Morgan fingerprint density at radius 2 is 1.75 bits per heavy atom. The van der Waals surface area contributed by atoms with Crippen LogP contribution in [0.2, 0.25) is 0 Å². The molecule has 1 saturated carbocycles. The van der Waals surface area contributed by atoms with Crippen molar-refractivity contribution in [1.29, 1.82) is 0 Å². The summed E-state index contributed by atoms with van der Waals surface area (Å²) in [7, 11) is -0.291. The Morgan fingerprint density at radius 1 is 1.20 bits per heavy atom. The molecule has 0 heterocycles. The summed E-state index contributed by atoms with van der Waals surface area (Å²) >= 11 is 0. The van der Waals surface area contributed by atoms with Gasteiger partial charge in [0.2, 0.25) is 10.0 Å². The van der Waals surface area contributed by atoms with Crippen LogP contribution in [0, 0.1) is 0 Å². The predicted molar refractivity (Wildman–Crippen MR) is 77.0 cm³/mol. The van der Waals surface area contributed by atoms with Crippen LogP contribution in [0.15, 0.2) is 29.2 Å². The highest BCUT2D eigenvalue weighted by Gasteiger charge is 2.29. The maximum atomic E-state index is 12.5. The Balaban J connectivity index is 2.23. The Labute approximate surface area is 120 Å². The second-order valence-corrected chi connectivity index (χ2v) is 7.06. The van der Waals surface area contributed by atoms with Gasteiger partial charge in [-0.2, -0.15) is 4.31 Å². The molecule has 1 aliphatic carbocycles. The average Bonchev–Trinajstić information content (AvgIpc) is 2.99. The van der Waals surface area contributed by atoms with Gasteiger partial charge in [-0.25, -0.2) is 8.42 Å². The summed E-state index contributed by atoms with van der Waals surface area (Å²) in [6, 6.07) is 6.15. The Bertz CT molecular complexity index is 575. The number of rotatable bonds is 4. The second kappa shape index (κ2) is 5.93. The van der Waals surface area contributed by atoms with Crippen molar-refractivity contribution < 1.29 is 13.2 Å². The number of amides is 1. The highest BCUT2D eigenvalue weighted by molar-refractivity contribution is 7.89. The fourth-order valence-corrected chi connectivity index (χ4v) is 3.97. The first-order valence-electron chi connectivity index (χ1n) is 6.77. The SMILES string of the molecule is CNC(=O)c1ccc(S(=O)(=O)N(C)C2CCCC2)cc1. The van der Waals surface area contributed by atoms with Gasteiger partial charge in [0.05, 0.1) is 4.90 Å². The second-order valence-electron chi connectivity index (χ2n) is 5.06. The van der Waals surface area contributed by atoms with Crippen LogP contribution in [0.4, 0.5) is 0 Å². The standard InChI is InChI=1S/C14H20N2O3S/c1-15-14(17)11-7-9-13(10-8-11)20(18,19)16(2)12-5-3-4-6-12/h7-10,12H,3-6H2,1-2H3,(H,15,17). The molecule has 20 heavy (non-hydrogen) atoms. The highest BCUT2D eigenvalue weighted by Crippen LogP contribution is 2.27. The van der Waals surface area contributed by atoms with Crippen LogP contribution in [-0.2, 0) is 10.0 Å². The van der Waals surface area contributed by atoms with Gasteiger partial charge in [0.15, 0.2) is 0 Å². The molecule has 0 bridgehead atoms. The maximum absolute atomic E-state index is 12.5. The Hall–Kier alpha value is -1.40. The van der Waals surface area contributed by atoms with Gasteiger partial charge in [0, 0.05) is 25.7 Å². The molecule has 0 unspecified atom stereocenters. The minimum Gasteiger partial charge on any atom is -0.355 e. The van der Waals surface area contributed by atoms with Crippen molar-refractivity contribution in [3.8, 4) is 0 Å². The van der Waals surface area contributed by atoms with E-state index in [2.05, 4.69) is 5.32 Å². The van der Waals surface area contributed by atoms with Crippen LogP contribution in [0.25, 0.3) is 0 Å². The molecular formula is C14H20N2O3S. The first-order chi connectivity index (χ1) is 9.46. The zero-order valence-corrected chi connectivity index (χ0v) is 12.6. The average molecular weight is 296 g/mol. The van der Waals surface area contributed by atoms with Crippen molar-refractivity contribution in [2.45, 2.75) is 36.6 Å². The van der Waals surface area contributed by atoms with Gasteiger partial charge < -0.3 is 5.32 Å². The summed E-state index contributed by atoms with van der Waals surface area (Å²) in [5.41, 5.74) is 0.454. The zero-order valence-electron chi connectivity index (χ0n) is 11.8. The van der Waals surface area contributed by atoms with E-state index < -0.39 is 10.0 Å². The summed E-state index contributed by atoms with van der Waals surface area (Å²) in [6.45, 7) is 0. The zero-order chi connectivity index (χ0) is 14.8. The molecule has 0 radical (unpaired) electrons. The van der Waals surface area contributed by atoms with Gasteiger partial charge in [-0.3, -0.25) is 4.79 Å². The smallest absolute Gasteiger partial charge is 0.251 e. The summed E-state index contributed by atoms with van der Waals surface area (Å²) in [5.74, 6) is -0.224. The van der Waals surface area contributed by atoms with E-state index >= 15 is 0 Å². The molecule has 0 atom stereocenters. The first kappa shape index (κ1) is 15.0. The molecule has 1 N–H and O–H groups in total. The number of nitrogens with zero attached hydrogens (tertiary/aromatic N) is 1. The normalized spacial score (nSPS) is 16.6. The van der Waals surface area contributed by atoms with Crippen LogP contribution in [0.3, 0.4) is 0 Å². The van der Waals surface area contributed by atoms with E-state index in [-0.39, 0.29) is 16.8 Å². The number of carbonyl (C=O) groups is 1. The van der Waals surface area contributed by atoms with E-state index in [1.807, 2.05) is 0 Å². The van der Waals surface area contributed by atoms with E-state index in [9.17, 15) is 13.2 Å². The van der Waals surface area contributed by atoms with Crippen molar-refractivity contribution >= 4 is 15.9 Å². The van der Waals surface area contributed by atoms with Gasteiger partial charge in [0.25, 0.3) is 5.91 Å². The molecule has 6 heteroatoms. The van der Waals surface area contributed by atoms with Gasteiger partial charge in [-0.15, -0.1) is 0 Å². The van der Waals surface area contributed by atoms with Crippen molar-refractivity contribution in [2.75, 3.05) is 14.1 Å². The third-order valence-electron chi connectivity index (χ3n) is 3.86. The van der Waals surface area contributed by atoms with Crippen LogP contribution in [-0.4, -0.2) is 38.8 Å². The van der Waals surface area contributed by atoms with E-state index in [0.717, 1.165) is 25.7 Å². The Kier molecular flexibility index (Phi) is 4.45. The molecule has 1 amide bonds. The molecule has 0 spiro atoms. The van der Waals surface area contributed by atoms with Crippen LogP contribution >= 0.6 is 0 Å². The Morgan fingerprint density at radius 3 is 2.25 bits per heavy atom. The van der Waals surface area contributed by atoms with Crippen molar-refractivity contribution in [1.82, 2.24) is 9.62 Å². The molecule has 1 fully saturated rings. The summed E-state index contributed by atoms with van der Waals surface area (Å²) in [5, 5.41) is 2.51. The number of sulfonamides is 1. The topological polar surface area (TPSA) is 66.5 Å². The van der Waals surface area contributed by atoms with Gasteiger partial charge in [0.1, 0.15) is 0 Å². The molecule has 1 aliphatic rings. The highest BCUT2D eigenvalue weighted by atomic mass is 32.2. The van der Waals surface area contributed by atoms with Crippen molar-refractivity contribution in [3.63, 3.8) is 0 Å². The van der Waals surface area contributed by atoms with Gasteiger partial charge in [-0.1, -0.05) is 12.8 Å². The lowest BCUT2D eigenvalue weighted by atomic mass is 10.2. The quantitative estimate of drug-likeness (QED) is 0.918. The van der Waals surface area contributed by atoms with Crippen molar-refractivity contribution in [3.05, 3.63) is 29.8 Å². The van der Waals surface area contributed by atoms with E-state index in [1.165, 1.54) is 28.6 Å². The number of hydrogen-bond donors (Lipinski definition) is 1. The number of nitrogens with one attached hydrogen (secondary N) is 1. The third kappa shape index (κ3) is 2.86.